The fraction of sp³-hybridized carbons (Fsp3) is 0.176. The number of carbonyl (C=O) groups excluding carboxylic acids is 1. The minimum Gasteiger partial charge on any atom is -0.495 e. The zero-order valence-corrected chi connectivity index (χ0v) is 16.0. The largest absolute Gasteiger partial charge is 0.495 e. The molecule has 3 rings (SSSR count). The normalized spacial score (nSPS) is 11.4. The average Bonchev–Trinajstić information content (AvgIpc) is 3.04. The molecule has 10 heteroatoms. The first-order valence-corrected chi connectivity index (χ1v) is 10.1. The number of benzene rings is 2. The smallest absolute Gasteiger partial charge is 0.241 e. The summed E-state index contributed by atoms with van der Waals surface area (Å²) < 4.78 is 48.7. The van der Waals surface area contributed by atoms with Gasteiger partial charge >= 0.3 is 0 Å². The van der Waals surface area contributed by atoms with Crippen molar-refractivity contribution >= 4 is 42.4 Å². The van der Waals surface area contributed by atoms with Crippen molar-refractivity contribution < 1.29 is 27.1 Å². The van der Waals surface area contributed by atoms with Gasteiger partial charge in [0.25, 0.3) is 0 Å². The third-order valence-electron chi connectivity index (χ3n) is 3.65. The molecule has 0 saturated carbocycles. The van der Waals surface area contributed by atoms with E-state index in [-0.39, 0.29) is 10.0 Å². The number of hydrogen-bond donors (Lipinski definition) is 1. The van der Waals surface area contributed by atoms with E-state index in [0.29, 0.717) is 21.7 Å². The molecule has 1 heterocycles. The van der Waals surface area contributed by atoms with Crippen LogP contribution < -0.4 is 14.8 Å². The lowest BCUT2D eigenvalue weighted by Crippen LogP contribution is -2.22. The van der Waals surface area contributed by atoms with E-state index in [1.54, 1.807) is 12.1 Å². The molecule has 0 saturated heterocycles. The summed E-state index contributed by atoms with van der Waals surface area (Å²) in [6.45, 7) is 0. The van der Waals surface area contributed by atoms with Gasteiger partial charge in [0.1, 0.15) is 33.3 Å². The SMILES string of the molecule is COc1ccc(OC)c2sc(NC(=O)CS(=O)(=O)c3ccc(F)cc3)nc12. The Morgan fingerprint density at radius 3 is 2.37 bits per heavy atom. The average molecular weight is 410 g/mol. The monoisotopic (exact) mass is 410 g/mol. The lowest BCUT2D eigenvalue weighted by molar-refractivity contribution is -0.113. The molecule has 3 aromatic rings. The Morgan fingerprint density at radius 2 is 1.74 bits per heavy atom. The summed E-state index contributed by atoms with van der Waals surface area (Å²) in [5.41, 5.74) is 0.499. The van der Waals surface area contributed by atoms with Gasteiger partial charge in [0.05, 0.1) is 19.1 Å². The third kappa shape index (κ3) is 4.01. The first-order chi connectivity index (χ1) is 12.8. The molecule has 7 nitrogen and oxygen atoms in total. The van der Waals surface area contributed by atoms with E-state index >= 15 is 0 Å². The number of nitrogens with zero attached hydrogens (tertiary/aromatic N) is 1. The van der Waals surface area contributed by atoms with Crippen molar-refractivity contribution in [1.29, 1.82) is 0 Å². The zero-order chi connectivity index (χ0) is 19.6. The van der Waals surface area contributed by atoms with Crippen LogP contribution in [0.2, 0.25) is 0 Å². The van der Waals surface area contributed by atoms with E-state index in [1.807, 2.05) is 0 Å². The highest BCUT2D eigenvalue weighted by Gasteiger charge is 2.21. The molecule has 0 unspecified atom stereocenters. The highest BCUT2D eigenvalue weighted by atomic mass is 32.2. The molecule has 0 bridgehead atoms. The molecule has 1 amide bonds. The molecular formula is C17H15FN2O5S2. The Morgan fingerprint density at radius 1 is 1.11 bits per heavy atom. The van der Waals surface area contributed by atoms with Gasteiger partial charge < -0.3 is 14.8 Å². The Hall–Kier alpha value is -2.72. The van der Waals surface area contributed by atoms with E-state index < -0.39 is 27.3 Å². The molecule has 0 aliphatic rings. The number of thiazole rings is 1. The number of anilines is 1. The Balaban J connectivity index is 1.82. The number of ether oxygens (including phenoxy) is 2. The van der Waals surface area contributed by atoms with Crippen LogP contribution in [-0.4, -0.2) is 39.3 Å². The fourth-order valence-electron chi connectivity index (χ4n) is 2.39. The summed E-state index contributed by atoms with van der Waals surface area (Å²) in [7, 11) is -0.901. The van der Waals surface area contributed by atoms with E-state index in [1.165, 1.54) is 14.2 Å². The first kappa shape index (κ1) is 19.1. The third-order valence-corrected chi connectivity index (χ3v) is 6.27. The summed E-state index contributed by atoms with van der Waals surface area (Å²) in [5.74, 6) is -1.04. The van der Waals surface area contributed by atoms with Gasteiger partial charge in [-0.3, -0.25) is 4.79 Å². The molecule has 1 N–H and O–H groups in total. The summed E-state index contributed by atoms with van der Waals surface area (Å²) in [4.78, 5) is 16.3. The van der Waals surface area contributed by atoms with Crippen LogP contribution >= 0.6 is 11.3 Å². The number of amides is 1. The number of fused-ring (bicyclic) bond motifs is 1. The van der Waals surface area contributed by atoms with Crippen molar-refractivity contribution in [3.63, 3.8) is 0 Å². The summed E-state index contributed by atoms with van der Waals surface area (Å²) in [6.07, 6.45) is 0. The Kier molecular flexibility index (Phi) is 5.29. The molecular weight excluding hydrogens is 395 g/mol. The van der Waals surface area contributed by atoms with E-state index in [2.05, 4.69) is 10.3 Å². The van der Waals surface area contributed by atoms with E-state index in [4.69, 9.17) is 9.47 Å². The highest BCUT2D eigenvalue weighted by molar-refractivity contribution is 7.92. The van der Waals surface area contributed by atoms with Gasteiger partial charge in [0.15, 0.2) is 15.0 Å². The number of hydrogen-bond acceptors (Lipinski definition) is 7. The predicted molar refractivity (Wildman–Crippen MR) is 99.8 cm³/mol. The lowest BCUT2D eigenvalue weighted by Gasteiger charge is -2.04. The number of sulfone groups is 1. The standard InChI is InChI=1S/C17H15FN2O5S2/c1-24-12-7-8-13(25-2)16-15(12)20-17(26-16)19-14(21)9-27(22,23)11-5-3-10(18)4-6-11/h3-8H,9H2,1-2H3,(H,19,20,21). The molecule has 0 aliphatic heterocycles. The number of methoxy groups -OCH3 is 2. The van der Waals surface area contributed by atoms with Crippen LogP contribution in [0.4, 0.5) is 9.52 Å². The number of halogens is 1. The van der Waals surface area contributed by atoms with Crippen LogP contribution in [0.3, 0.4) is 0 Å². The quantitative estimate of drug-likeness (QED) is 0.628. The molecule has 1 aromatic heterocycles. The van der Waals surface area contributed by atoms with Gasteiger partial charge in [-0.15, -0.1) is 0 Å². The van der Waals surface area contributed by atoms with Gasteiger partial charge in [-0.05, 0) is 36.4 Å². The zero-order valence-electron chi connectivity index (χ0n) is 14.4. The number of rotatable bonds is 6. The maximum Gasteiger partial charge on any atom is 0.241 e. The molecule has 0 spiro atoms. The van der Waals surface area contributed by atoms with Crippen LogP contribution in [-0.2, 0) is 14.6 Å². The minimum absolute atomic E-state index is 0.133. The maximum absolute atomic E-state index is 12.9. The summed E-state index contributed by atoms with van der Waals surface area (Å²) in [5, 5.41) is 2.69. The van der Waals surface area contributed by atoms with Crippen LogP contribution in [0.15, 0.2) is 41.3 Å². The molecule has 2 aromatic carbocycles. The van der Waals surface area contributed by atoms with Gasteiger partial charge in [-0.2, -0.15) is 0 Å². The first-order valence-electron chi connectivity index (χ1n) is 7.64. The van der Waals surface area contributed by atoms with E-state index in [9.17, 15) is 17.6 Å². The molecule has 0 atom stereocenters. The molecule has 142 valence electrons. The van der Waals surface area contributed by atoms with Crippen LogP contribution in [0.5, 0.6) is 11.5 Å². The van der Waals surface area contributed by atoms with Crippen LogP contribution in [0.1, 0.15) is 0 Å². The second-order valence-electron chi connectivity index (χ2n) is 5.43. The number of carbonyl (C=O) groups is 1. The second-order valence-corrected chi connectivity index (χ2v) is 8.42. The van der Waals surface area contributed by atoms with Gasteiger partial charge in [0.2, 0.25) is 5.91 Å². The van der Waals surface area contributed by atoms with Gasteiger partial charge in [-0.1, -0.05) is 11.3 Å². The van der Waals surface area contributed by atoms with Crippen molar-refractivity contribution in [3.8, 4) is 11.5 Å². The topological polar surface area (TPSA) is 94.6 Å². The molecule has 0 radical (unpaired) electrons. The highest BCUT2D eigenvalue weighted by Crippen LogP contribution is 2.38. The summed E-state index contributed by atoms with van der Waals surface area (Å²) in [6, 6.07) is 7.68. The van der Waals surface area contributed by atoms with Gasteiger partial charge in [0, 0.05) is 0 Å². The molecule has 0 fully saturated rings. The molecule has 0 aliphatic carbocycles. The van der Waals surface area contributed by atoms with Crippen molar-refractivity contribution in [3.05, 3.63) is 42.2 Å². The van der Waals surface area contributed by atoms with Crippen molar-refractivity contribution in [2.45, 2.75) is 4.90 Å². The second kappa shape index (κ2) is 7.49. The minimum atomic E-state index is -3.90. The lowest BCUT2D eigenvalue weighted by atomic mass is 10.3. The van der Waals surface area contributed by atoms with Crippen molar-refractivity contribution in [2.75, 3.05) is 25.3 Å². The van der Waals surface area contributed by atoms with Crippen LogP contribution in [0, 0.1) is 5.82 Å². The molecule has 27 heavy (non-hydrogen) atoms. The van der Waals surface area contributed by atoms with Crippen molar-refractivity contribution in [1.82, 2.24) is 4.98 Å². The Labute approximate surface area is 158 Å². The predicted octanol–water partition coefficient (Wildman–Crippen LogP) is 2.87. The van der Waals surface area contributed by atoms with Crippen molar-refractivity contribution in [2.24, 2.45) is 0 Å². The van der Waals surface area contributed by atoms with Gasteiger partial charge in [-0.25, -0.2) is 17.8 Å². The fourth-order valence-corrected chi connectivity index (χ4v) is 4.52. The maximum atomic E-state index is 12.9. The Bertz CT molecular complexity index is 1050. The number of nitrogens with one attached hydrogen (secondary N) is 1. The van der Waals surface area contributed by atoms with Crippen LogP contribution in [0.25, 0.3) is 10.2 Å². The number of aromatic nitrogens is 1. The van der Waals surface area contributed by atoms with E-state index in [0.717, 1.165) is 35.6 Å². The summed E-state index contributed by atoms with van der Waals surface area (Å²) >= 11 is 1.14.